The minimum absolute atomic E-state index is 0.0467. The molecule has 4 rings (SSSR count). The van der Waals surface area contributed by atoms with Crippen molar-refractivity contribution >= 4 is 63.2 Å². The van der Waals surface area contributed by atoms with Gasteiger partial charge in [0.25, 0.3) is 21.9 Å². The molecule has 0 bridgehead atoms. The molecule has 2 saturated heterocycles. The number of amides is 6. The first-order valence-corrected chi connectivity index (χ1v) is 22.8. The Balaban J connectivity index is 1.42. The molecular weight excluding hydrogens is 895 g/mol. The summed E-state index contributed by atoms with van der Waals surface area (Å²) in [5, 5.41) is 48.0. The van der Waals surface area contributed by atoms with Crippen LogP contribution in [0.3, 0.4) is 0 Å². The second-order valence-electron chi connectivity index (χ2n) is 17.7. The Morgan fingerprint density at radius 2 is 1.58 bits per heavy atom. The molecule has 0 radical (unpaired) electrons. The molecule has 9 atom stereocenters. The van der Waals surface area contributed by atoms with E-state index in [0.29, 0.717) is 11.1 Å². The van der Waals surface area contributed by atoms with Gasteiger partial charge in [-0.2, -0.15) is 8.42 Å². The number of rotatable bonds is 21. The summed E-state index contributed by atoms with van der Waals surface area (Å²) in [4.78, 5) is 105. The summed E-state index contributed by atoms with van der Waals surface area (Å²) in [6.07, 6.45) is -5.76. The zero-order chi connectivity index (χ0) is 49.4. The Morgan fingerprint density at radius 1 is 0.924 bits per heavy atom. The van der Waals surface area contributed by atoms with Gasteiger partial charge in [0.15, 0.2) is 6.10 Å². The van der Waals surface area contributed by atoms with Crippen LogP contribution in [0.25, 0.3) is 0 Å². The van der Waals surface area contributed by atoms with E-state index in [2.05, 4.69) is 16.0 Å². The molecule has 3 aliphatic heterocycles. The first kappa shape index (κ1) is 53.2. The molecule has 2 fully saturated rings. The predicted molar refractivity (Wildman–Crippen MR) is 228 cm³/mol. The third-order valence-electron chi connectivity index (χ3n) is 11.1. The summed E-state index contributed by atoms with van der Waals surface area (Å²) in [6, 6.07) is 0.115. The van der Waals surface area contributed by atoms with Gasteiger partial charge in [0.2, 0.25) is 23.6 Å². The lowest BCUT2D eigenvalue weighted by atomic mass is 9.91. The van der Waals surface area contributed by atoms with E-state index in [1.807, 2.05) is 0 Å². The molecule has 24 heteroatoms. The van der Waals surface area contributed by atoms with Crippen molar-refractivity contribution < 1.29 is 86.0 Å². The van der Waals surface area contributed by atoms with Gasteiger partial charge in [-0.05, 0) is 76.1 Å². The van der Waals surface area contributed by atoms with Gasteiger partial charge in [-0.3, -0.25) is 43.0 Å². The molecule has 0 saturated carbocycles. The smallest absolute Gasteiger partial charge is 0.335 e. The van der Waals surface area contributed by atoms with Gasteiger partial charge >= 0.3 is 11.9 Å². The highest BCUT2D eigenvalue weighted by Gasteiger charge is 2.48. The molecule has 0 aromatic heterocycles. The number of aliphatic hydroxyl groups is 3. The van der Waals surface area contributed by atoms with E-state index in [0.717, 1.165) is 22.0 Å². The van der Waals surface area contributed by atoms with Crippen LogP contribution in [0.15, 0.2) is 30.4 Å². The van der Waals surface area contributed by atoms with Crippen LogP contribution in [0.4, 0.5) is 5.69 Å². The van der Waals surface area contributed by atoms with Gasteiger partial charge in [0.05, 0.1) is 43.1 Å². The molecule has 23 nitrogen and oxygen atoms in total. The molecule has 66 heavy (non-hydrogen) atoms. The zero-order valence-corrected chi connectivity index (χ0v) is 38.2. The number of hydrogen-bond acceptors (Lipinski definition) is 16. The topological polar surface area (TPSA) is 342 Å². The third-order valence-corrected chi connectivity index (χ3v) is 11.8. The lowest BCUT2D eigenvalue weighted by Crippen LogP contribution is -2.59. The van der Waals surface area contributed by atoms with E-state index in [-0.39, 0.29) is 44.6 Å². The van der Waals surface area contributed by atoms with E-state index in [1.54, 1.807) is 52.8 Å². The van der Waals surface area contributed by atoms with Crippen LogP contribution >= 0.6 is 0 Å². The van der Waals surface area contributed by atoms with Gasteiger partial charge in [0, 0.05) is 24.3 Å². The van der Waals surface area contributed by atoms with E-state index in [9.17, 15) is 67.2 Å². The van der Waals surface area contributed by atoms with Crippen LogP contribution in [0, 0.1) is 11.3 Å². The Morgan fingerprint density at radius 3 is 2.17 bits per heavy atom. The van der Waals surface area contributed by atoms with Gasteiger partial charge in [-0.15, -0.1) is 0 Å². The highest BCUT2D eigenvalue weighted by molar-refractivity contribution is 7.85. The first-order chi connectivity index (χ1) is 30.7. The number of nitrogens with one attached hydrogen (secondary N) is 3. The minimum atomic E-state index is -4.37. The number of aliphatic carboxylic acids is 1. The highest BCUT2D eigenvalue weighted by Crippen LogP contribution is 2.28. The summed E-state index contributed by atoms with van der Waals surface area (Å²) in [5.74, 6) is -7.82. The number of ether oxygens (including phenoxy) is 3. The molecule has 0 aliphatic carbocycles. The van der Waals surface area contributed by atoms with Gasteiger partial charge in [-0.25, -0.2) is 4.79 Å². The average molecular weight is 954 g/mol. The molecule has 1 aromatic rings. The lowest BCUT2D eigenvalue weighted by Gasteiger charge is -2.39. The number of esters is 1. The Kier molecular flexibility index (Phi) is 18.1. The SMILES string of the molecule is CC(C)[C@H](NC(=O)CN1C(=O)[C@H](N2C(=O)C=CC2=O)C[C@H]1COCCS(=O)(=O)O)C(=O)N[C@@H](C)C(=O)Nc1ccc(COC(=O)C(C)(C)C)c(CCC[C@@H]2O[C@H](C(=O)O)[C@@H](O)[C@H](O)[C@H]2O)c1. The average Bonchev–Trinajstić information content (AvgIpc) is 3.71. The van der Waals surface area contributed by atoms with Crippen LogP contribution in [-0.2, 0) is 75.7 Å². The molecule has 6 amide bonds. The Labute approximate surface area is 380 Å². The van der Waals surface area contributed by atoms with Crippen molar-refractivity contribution in [3.05, 3.63) is 41.5 Å². The van der Waals surface area contributed by atoms with E-state index in [4.69, 9.17) is 18.8 Å². The number of carboxylic acids is 1. The number of benzene rings is 1. The van der Waals surface area contributed by atoms with E-state index < -0.39 is 142 Å². The minimum Gasteiger partial charge on any atom is -0.479 e. The van der Waals surface area contributed by atoms with Crippen molar-refractivity contribution in [2.75, 3.05) is 30.8 Å². The van der Waals surface area contributed by atoms with Crippen molar-refractivity contribution in [3.8, 4) is 0 Å². The molecular formula is C42H59N5O18S. The number of hydrogen-bond donors (Lipinski definition) is 8. The Hall–Kier alpha value is -5.37. The fraction of sp³-hybridized carbons (Fsp3) is 0.619. The van der Waals surface area contributed by atoms with Crippen molar-refractivity contribution in [1.29, 1.82) is 0 Å². The summed E-state index contributed by atoms with van der Waals surface area (Å²) < 4.78 is 47.6. The van der Waals surface area contributed by atoms with Crippen LogP contribution in [0.5, 0.6) is 0 Å². The predicted octanol–water partition coefficient (Wildman–Crippen LogP) is -1.58. The van der Waals surface area contributed by atoms with Crippen LogP contribution in [0.1, 0.15) is 71.9 Å². The number of aliphatic hydroxyl groups excluding tert-OH is 3. The normalized spacial score (nSPS) is 24.3. The van der Waals surface area contributed by atoms with Crippen LogP contribution in [0.2, 0.25) is 0 Å². The molecule has 0 unspecified atom stereocenters. The lowest BCUT2D eigenvalue weighted by molar-refractivity contribution is -0.228. The standard InChI is InChI=1S/C42H59N5O18S/c1-21(2)32(45-29(48)18-46-26(20-63-14-15-66(60,61)62)17-27(39(46)56)47-30(49)12-13-31(47)50)38(55)43-22(3)37(54)44-25-11-10-24(19-64-41(59)42(4,5)6)23(16-25)8-7-9-28-33(51)34(52)35(53)36(65-28)40(57)58/h10-13,16,21-22,26-28,32-36,51-53H,7-9,14-15,17-20H2,1-6H3,(H,43,55)(H,44,54)(H,45,48)(H,57,58)(H,60,61,62)/t22-,26-,27+,28-,32-,33-,34+,35-,36-/m0/s1. The van der Waals surface area contributed by atoms with Crippen molar-refractivity contribution in [3.63, 3.8) is 0 Å². The molecule has 366 valence electrons. The fourth-order valence-corrected chi connectivity index (χ4v) is 7.72. The maximum atomic E-state index is 13.6. The maximum absolute atomic E-state index is 13.6. The number of imide groups is 1. The van der Waals surface area contributed by atoms with Crippen LogP contribution < -0.4 is 16.0 Å². The molecule has 0 spiro atoms. The fourth-order valence-electron chi connectivity index (χ4n) is 7.39. The molecule has 1 aromatic carbocycles. The van der Waals surface area contributed by atoms with Crippen molar-refractivity contribution in [1.82, 2.24) is 20.4 Å². The quantitative estimate of drug-likeness (QED) is 0.0298. The highest BCUT2D eigenvalue weighted by atomic mass is 32.2. The second-order valence-corrected chi connectivity index (χ2v) is 19.3. The second kappa shape index (κ2) is 22.4. The Bertz CT molecular complexity index is 2140. The van der Waals surface area contributed by atoms with E-state index in [1.165, 1.54) is 6.92 Å². The summed E-state index contributed by atoms with van der Waals surface area (Å²) in [7, 11) is -4.37. The zero-order valence-electron chi connectivity index (χ0n) is 37.4. The number of likely N-dealkylation sites (tertiary alicyclic amines) is 1. The van der Waals surface area contributed by atoms with Crippen LogP contribution in [-0.4, -0.2) is 171 Å². The maximum Gasteiger partial charge on any atom is 0.335 e. The largest absolute Gasteiger partial charge is 0.479 e. The molecule has 3 heterocycles. The van der Waals surface area contributed by atoms with Crippen molar-refractivity contribution in [2.45, 2.75) is 129 Å². The number of carbonyl (C=O) groups is 8. The summed E-state index contributed by atoms with van der Waals surface area (Å²) >= 11 is 0. The van der Waals surface area contributed by atoms with E-state index >= 15 is 0 Å². The number of nitrogens with zero attached hydrogens (tertiary/aromatic N) is 2. The molecule has 8 N–H and O–H groups in total. The van der Waals surface area contributed by atoms with Crippen molar-refractivity contribution in [2.24, 2.45) is 11.3 Å². The van der Waals surface area contributed by atoms with Gasteiger partial charge in [-0.1, -0.05) is 19.9 Å². The summed E-state index contributed by atoms with van der Waals surface area (Å²) in [6.45, 7) is 8.09. The number of aryl methyl sites for hydroxylation is 1. The number of carboxylic acid groups (broad SMARTS) is 1. The summed E-state index contributed by atoms with van der Waals surface area (Å²) in [5.41, 5.74) is 0.603. The number of anilines is 1. The van der Waals surface area contributed by atoms with Gasteiger partial charge < -0.3 is 55.5 Å². The number of carbonyl (C=O) groups excluding carboxylic acids is 7. The third kappa shape index (κ3) is 14.1. The monoisotopic (exact) mass is 953 g/mol. The first-order valence-electron chi connectivity index (χ1n) is 21.2. The van der Waals surface area contributed by atoms with Gasteiger partial charge in [0.1, 0.15) is 43.0 Å². The molecule has 3 aliphatic rings.